The topological polar surface area (TPSA) is 67.6 Å². The second kappa shape index (κ2) is 5.69. The lowest BCUT2D eigenvalue weighted by molar-refractivity contribution is 0.0964. The van der Waals surface area contributed by atoms with Gasteiger partial charge in [-0.15, -0.1) is 11.3 Å². The van der Waals surface area contributed by atoms with Crippen molar-refractivity contribution < 1.29 is 9.90 Å². The highest BCUT2D eigenvalue weighted by Gasteiger charge is 2.27. The van der Waals surface area contributed by atoms with E-state index in [1.807, 2.05) is 16.3 Å². The Balaban J connectivity index is 2.03. The van der Waals surface area contributed by atoms with E-state index in [0.717, 1.165) is 9.35 Å². The summed E-state index contributed by atoms with van der Waals surface area (Å²) < 4.78 is 0.979. The third-order valence-electron chi connectivity index (χ3n) is 2.93. The fourth-order valence-corrected chi connectivity index (χ4v) is 3.49. The number of amides is 1. The number of nitriles is 1. The van der Waals surface area contributed by atoms with E-state index in [4.69, 9.17) is 5.11 Å². The zero-order valence-electron chi connectivity index (χ0n) is 9.54. The van der Waals surface area contributed by atoms with Crippen molar-refractivity contribution in [2.45, 2.75) is 6.04 Å². The van der Waals surface area contributed by atoms with Crippen molar-refractivity contribution in [1.82, 2.24) is 9.80 Å². The fraction of sp³-hybridized carbons (Fsp3) is 0.455. The Bertz CT molecular complexity index is 477. The summed E-state index contributed by atoms with van der Waals surface area (Å²) in [5.41, 5.74) is 0. The Hall–Kier alpha value is -1.10. The average molecular weight is 330 g/mol. The molecule has 0 aromatic carbocycles. The third-order valence-corrected chi connectivity index (χ3v) is 4.68. The van der Waals surface area contributed by atoms with Crippen LogP contribution in [-0.4, -0.2) is 47.2 Å². The van der Waals surface area contributed by atoms with Crippen LogP contribution < -0.4 is 0 Å². The molecule has 1 N–H and O–H groups in total. The Kier molecular flexibility index (Phi) is 4.22. The lowest BCUT2D eigenvalue weighted by Crippen LogP contribution is -2.49. The smallest absolute Gasteiger partial charge is 0.407 e. The van der Waals surface area contributed by atoms with Crippen LogP contribution in [0.15, 0.2) is 15.9 Å². The molecule has 0 spiro atoms. The van der Waals surface area contributed by atoms with Crippen molar-refractivity contribution >= 4 is 33.4 Å². The highest BCUT2D eigenvalue weighted by molar-refractivity contribution is 9.10. The maximum atomic E-state index is 10.8. The van der Waals surface area contributed by atoms with Crippen LogP contribution in [0.2, 0.25) is 0 Å². The number of piperazine rings is 1. The first-order valence-corrected chi connectivity index (χ1v) is 7.14. The van der Waals surface area contributed by atoms with Gasteiger partial charge in [-0.1, -0.05) is 0 Å². The van der Waals surface area contributed by atoms with Gasteiger partial charge in [0.05, 0.1) is 6.07 Å². The number of hydrogen-bond acceptors (Lipinski definition) is 4. The molecule has 1 aliphatic heterocycles. The molecule has 5 nitrogen and oxygen atoms in total. The van der Waals surface area contributed by atoms with Crippen molar-refractivity contribution in [1.29, 1.82) is 5.26 Å². The highest BCUT2D eigenvalue weighted by atomic mass is 79.9. The van der Waals surface area contributed by atoms with Gasteiger partial charge in [-0.2, -0.15) is 5.26 Å². The van der Waals surface area contributed by atoms with Crippen LogP contribution in [-0.2, 0) is 0 Å². The van der Waals surface area contributed by atoms with E-state index < -0.39 is 6.09 Å². The molecule has 18 heavy (non-hydrogen) atoms. The van der Waals surface area contributed by atoms with Gasteiger partial charge >= 0.3 is 6.09 Å². The monoisotopic (exact) mass is 329 g/mol. The molecule has 0 radical (unpaired) electrons. The van der Waals surface area contributed by atoms with Gasteiger partial charge in [0.25, 0.3) is 0 Å². The van der Waals surface area contributed by atoms with Crippen LogP contribution in [0.5, 0.6) is 0 Å². The quantitative estimate of drug-likeness (QED) is 0.904. The van der Waals surface area contributed by atoms with Gasteiger partial charge in [0, 0.05) is 40.9 Å². The van der Waals surface area contributed by atoms with E-state index in [-0.39, 0.29) is 6.04 Å². The molecule has 2 heterocycles. The first-order chi connectivity index (χ1) is 8.61. The zero-order chi connectivity index (χ0) is 13.1. The maximum absolute atomic E-state index is 10.8. The molecule has 96 valence electrons. The Morgan fingerprint density at radius 3 is 2.61 bits per heavy atom. The molecule has 0 saturated carbocycles. The van der Waals surface area contributed by atoms with Gasteiger partial charge < -0.3 is 10.0 Å². The minimum Gasteiger partial charge on any atom is -0.465 e. The van der Waals surface area contributed by atoms with Gasteiger partial charge in [-0.25, -0.2) is 4.79 Å². The van der Waals surface area contributed by atoms with Gasteiger partial charge in [0.15, 0.2) is 0 Å². The molecule has 1 atom stereocenters. The predicted octanol–water partition coefficient (Wildman–Crippen LogP) is 2.37. The molecule has 0 bridgehead atoms. The Morgan fingerprint density at radius 1 is 1.50 bits per heavy atom. The molecular weight excluding hydrogens is 318 g/mol. The summed E-state index contributed by atoms with van der Waals surface area (Å²) in [6.45, 7) is 2.11. The summed E-state index contributed by atoms with van der Waals surface area (Å²) >= 11 is 4.92. The molecule has 1 amide bonds. The van der Waals surface area contributed by atoms with E-state index in [0.29, 0.717) is 26.2 Å². The van der Waals surface area contributed by atoms with Gasteiger partial charge in [-0.05, 0) is 22.0 Å². The van der Waals surface area contributed by atoms with Crippen LogP contribution in [0.4, 0.5) is 4.79 Å². The first-order valence-electron chi connectivity index (χ1n) is 5.47. The molecule has 0 aliphatic carbocycles. The second-order valence-corrected chi connectivity index (χ2v) is 5.86. The molecule has 7 heteroatoms. The molecule has 1 aliphatic rings. The van der Waals surface area contributed by atoms with Crippen molar-refractivity contribution in [3.63, 3.8) is 0 Å². The standard InChI is InChI=1S/C11H12BrN3O2S/c12-8-5-10(18-7-8)9(6-13)14-1-3-15(4-2-14)11(16)17/h5,7,9H,1-4H2,(H,16,17). The first kappa shape index (κ1) is 13.3. The van der Waals surface area contributed by atoms with Gasteiger partial charge in [0.1, 0.15) is 6.04 Å². The van der Waals surface area contributed by atoms with E-state index in [1.165, 1.54) is 4.90 Å². The third kappa shape index (κ3) is 2.83. The SMILES string of the molecule is N#CC(c1cc(Br)cs1)N1CCN(C(=O)O)CC1. The molecule has 1 unspecified atom stereocenters. The van der Waals surface area contributed by atoms with Crippen molar-refractivity contribution in [2.24, 2.45) is 0 Å². The van der Waals surface area contributed by atoms with E-state index in [9.17, 15) is 10.1 Å². The Labute approximate surface area is 117 Å². The summed E-state index contributed by atoms with van der Waals surface area (Å²) in [6.07, 6.45) is -0.887. The van der Waals surface area contributed by atoms with Crippen LogP contribution in [0, 0.1) is 11.3 Å². The molecule has 1 fully saturated rings. The lowest BCUT2D eigenvalue weighted by Gasteiger charge is -2.35. The minimum atomic E-state index is -0.887. The summed E-state index contributed by atoms with van der Waals surface area (Å²) in [4.78, 5) is 15.2. The summed E-state index contributed by atoms with van der Waals surface area (Å²) in [5, 5.41) is 20.1. The second-order valence-electron chi connectivity index (χ2n) is 4.00. The predicted molar refractivity (Wildman–Crippen MR) is 71.5 cm³/mol. The van der Waals surface area contributed by atoms with Crippen LogP contribution in [0.25, 0.3) is 0 Å². The fourth-order valence-electron chi connectivity index (χ4n) is 1.97. The number of thiophene rings is 1. The summed E-state index contributed by atoms with van der Waals surface area (Å²) in [7, 11) is 0. The molecule has 1 saturated heterocycles. The van der Waals surface area contributed by atoms with Gasteiger partial charge in [0.2, 0.25) is 0 Å². The summed E-state index contributed by atoms with van der Waals surface area (Å²) in [6, 6.07) is 3.96. The van der Waals surface area contributed by atoms with E-state index >= 15 is 0 Å². The zero-order valence-corrected chi connectivity index (χ0v) is 11.9. The van der Waals surface area contributed by atoms with Crippen molar-refractivity contribution in [3.05, 3.63) is 20.8 Å². The van der Waals surface area contributed by atoms with Gasteiger partial charge in [-0.3, -0.25) is 4.90 Å². The summed E-state index contributed by atoms with van der Waals surface area (Å²) in [5.74, 6) is 0. The molecular formula is C11H12BrN3O2S. The normalized spacial score (nSPS) is 18.3. The number of hydrogen-bond donors (Lipinski definition) is 1. The number of carbonyl (C=O) groups is 1. The van der Waals surface area contributed by atoms with Crippen LogP contribution in [0.3, 0.4) is 0 Å². The van der Waals surface area contributed by atoms with Crippen LogP contribution in [0.1, 0.15) is 10.9 Å². The highest BCUT2D eigenvalue weighted by Crippen LogP contribution is 2.29. The minimum absolute atomic E-state index is 0.280. The maximum Gasteiger partial charge on any atom is 0.407 e. The van der Waals surface area contributed by atoms with E-state index in [1.54, 1.807) is 11.3 Å². The Morgan fingerprint density at radius 2 is 2.17 bits per heavy atom. The number of carboxylic acid groups (broad SMARTS) is 1. The van der Waals surface area contributed by atoms with Crippen molar-refractivity contribution in [2.75, 3.05) is 26.2 Å². The lowest BCUT2D eigenvalue weighted by atomic mass is 10.2. The van der Waals surface area contributed by atoms with Crippen LogP contribution >= 0.6 is 27.3 Å². The molecule has 1 aromatic rings. The molecule has 2 rings (SSSR count). The average Bonchev–Trinajstić information content (AvgIpc) is 2.77. The van der Waals surface area contributed by atoms with E-state index in [2.05, 4.69) is 22.0 Å². The van der Waals surface area contributed by atoms with Crippen molar-refractivity contribution in [3.8, 4) is 6.07 Å². The molecule has 1 aromatic heterocycles. The number of rotatable bonds is 2. The number of nitrogens with zero attached hydrogens (tertiary/aromatic N) is 3. The number of halogens is 1. The largest absolute Gasteiger partial charge is 0.465 e.